The lowest BCUT2D eigenvalue weighted by Crippen LogP contribution is -2.33. The van der Waals surface area contributed by atoms with E-state index in [1.54, 1.807) is 0 Å². The second-order valence-electron chi connectivity index (χ2n) is 7.39. The lowest BCUT2D eigenvalue weighted by Gasteiger charge is -2.23. The van der Waals surface area contributed by atoms with E-state index >= 15 is 0 Å². The van der Waals surface area contributed by atoms with Gasteiger partial charge >= 0.3 is 0 Å². The number of amides is 1. The van der Waals surface area contributed by atoms with Crippen molar-refractivity contribution in [2.45, 2.75) is 52.1 Å². The molecule has 28 heavy (non-hydrogen) atoms. The minimum Gasteiger partial charge on any atom is -0.337 e. The van der Waals surface area contributed by atoms with E-state index in [2.05, 4.69) is 15.2 Å². The van der Waals surface area contributed by atoms with E-state index in [-0.39, 0.29) is 24.3 Å². The van der Waals surface area contributed by atoms with Crippen LogP contribution in [0, 0.1) is 6.92 Å². The number of nitrogens with zero attached hydrogens (tertiary/aromatic N) is 4. The van der Waals surface area contributed by atoms with E-state index in [9.17, 15) is 9.59 Å². The third-order valence-corrected chi connectivity index (χ3v) is 5.36. The number of rotatable bonds is 6. The van der Waals surface area contributed by atoms with Gasteiger partial charge in [0.25, 0.3) is 0 Å². The number of benzene rings is 1. The van der Waals surface area contributed by atoms with E-state index in [1.165, 1.54) is 0 Å². The van der Waals surface area contributed by atoms with E-state index in [4.69, 9.17) is 0 Å². The molecule has 3 heterocycles. The van der Waals surface area contributed by atoms with E-state index in [0.717, 1.165) is 36.0 Å². The number of nitrogens with one attached hydrogen (secondary N) is 1. The number of carbonyl (C=O) groups excluding carboxylic acids is 2. The molecule has 1 saturated heterocycles. The standard InChI is InChI=1S/C21H25N5O2/c1-3-7-19(27)16-12-25(17-9-5-4-8-15(16)17)13-20(28)26-11-6-10-18(26)21-22-14(2)23-24-21/h4-5,8-9,12,18H,3,6-7,10-11,13H2,1-2H3,(H,22,23,24). The molecular formula is C21H25N5O2. The highest BCUT2D eigenvalue weighted by Gasteiger charge is 2.32. The average molecular weight is 379 g/mol. The Balaban J connectivity index is 1.61. The van der Waals surface area contributed by atoms with Crippen LogP contribution in [0.15, 0.2) is 30.5 Å². The largest absolute Gasteiger partial charge is 0.337 e. The summed E-state index contributed by atoms with van der Waals surface area (Å²) in [6, 6.07) is 7.70. The summed E-state index contributed by atoms with van der Waals surface area (Å²) in [6.07, 6.45) is 4.97. The lowest BCUT2D eigenvalue weighted by molar-refractivity contribution is -0.132. The molecule has 1 aliphatic rings. The fourth-order valence-electron chi connectivity index (χ4n) is 4.04. The SMILES string of the molecule is CCCC(=O)c1cn(CC(=O)N2CCCC2c2n[nH]c(C)n2)c2ccccc12. The number of Topliss-reactive ketones (excluding diaryl/α,β-unsaturated/α-hetero) is 1. The molecular weight excluding hydrogens is 354 g/mol. The Morgan fingerprint density at radius 3 is 2.86 bits per heavy atom. The van der Waals surface area contributed by atoms with Crippen molar-refractivity contribution in [1.29, 1.82) is 0 Å². The third-order valence-electron chi connectivity index (χ3n) is 5.36. The van der Waals surface area contributed by atoms with Gasteiger partial charge in [-0.25, -0.2) is 4.98 Å². The Morgan fingerprint density at radius 1 is 1.29 bits per heavy atom. The zero-order valence-electron chi connectivity index (χ0n) is 16.3. The first-order valence-electron chi connectivity index (χ1n) is 9.88. The monoisotopic (exact) mass is 379 g/mol. The molecule has 1 unspecified atom stereocenters. The van der Waals surface area contributed by atoms with Gasteiger partial charge in [0.15, 0.2) is 11.6 Å². The first-order chi connectivity index (χ1) is 13.6. The molecule has 0 bridgehead atoms. The lowest BCUT2D eigenvalue weighted by atomic mass is 10.1. The van der Waals surface area contributed by atoms with Crippen LogP contribution in [0.5, 0.6) is 0 Å². The molecule has 0 radical (unpaired) electrons. The van der Waals surface area contributed by atoms with Crippen molar-refractivity contribution in [3.05, 3.63) is 47.7 Å². The Kier molecular flexibility index (Phi) is 4.98. The van der Waals surface area contributed by atoms with Crippen LogP contribution in [-0.4, -0.2) is 42.9 Å². The van der Waals surface area contributed by atoms with Gasteiger partial charge in [0.2, 0.25) is 5.91 Å². The van der Waals surface area contributed by atoms with Gasteiger partial charge in [0.1, 0.15) is 12.4 Å². The summed E-state index contributed by atoms with van der Waals surface area (Å²) < 4.78 is 1.90. The van der Waals surface area contributed by atoms with Crippen LogP contribution < -0.4 is 0 Å². The molecule has 7 heteroatoms. The maximum atomic E-state index is 13.1. The fraction of sp³-hybridized carbons (Fsp3) is 0.429. The van der Waals surface area contributed by atoms with Crippen LogP contribution in [0.2, 0.25) is 0 Å². The number of hydrogen-bond donors (Lipinski definition) is 1. The third kappa shape index (κ3) is 3.32. The van der Waals surface area contributed by atoms with Gasteiger partial charge in [0.05, 0.1) is 6.04 Å². The van der Waals surface area contributed by atoms with Crippen LogP contribution in [-0.2, 0) is 11.3 Å². The normalized spacial score (nSPS) is 16.8. The van der Waals surface area contributed by atoms with Crippen molar-refractivity contribution in [2.24, 2.45) is 0 Å². The van der Waals surface area contributed by atoms with Crippen LogP contribution in [0.4, 0.5) is 0 Å². The molecule has 0 saturated carbocycles. The summed E-state index contributed by atoms with van der Waals surface area (Å²) in [5.74, 6) is 1.59. The number of ketones is 1. The molecule has 3 aromatic rings. The van der Waals surface area contributed by atoms with Crippen LogP contribution in [0.1, 0.15) is 60.7 Å². The van der Waals surface area contributed by atoms with Crippen molar-refractivity contribution in [2.75, 3.05) is 6.54 Å². The quantitative estimate of drug-likeness (QED) is 0.665. The summed E-state index contributed by atoms with van der Waals surface area (Å²) in [5.41, 5.74) is 1.62. The zero-order chi connectivity index (χ0) is 19.7. The summed E-state index contributed by atoms with van der Waals surface area (Å²) in [5, 5.41) is 8.03. The summed E-state index contributed by atoms with van der Waals surface area (Å²) in [6.45, 7) is 4.77. The van der Waals surface area contributed by atoms with Gasteiger partial charge in [-0.1, -0.05) is 25.1 Å². The Hall–Kier alpha value is -2.96. The minimum atomic E-state index is -0.0829. The summed E-state index contributed by atoms with van der Waals surface area (Å²) >= 11 is 0. The number of H-pyrrole nitrogens is 1. The Morgan fingerprint density at radius 2 is 2.11 bits per heavy atom. The van der Waals surface area contributed by atoms with Crippen molar-refractivity contribution in [3.8, 4) is 0 Å². The topological polar surface area (TPSA) is 83.9 Å². The fourth-order valence-corrected chi connectivity index (χ4v) is 4.04. The van der Waals surface area contributed by atoms with Gasteiger partial charge in [-0.3, -0.25) is 14.7 Å². The number of aryl methyl sites for hydroxylation is 1. The predicted molar refractivity (Wildman–Crippen MR) is 106 cm³/mol. The minimum absolute atomic E-state index is 0.0280. The van der Waals surface area contributed by atoms with Crippen LogP contribution in [0.3, 0.4) is 0 Å². The van der Waals surface area contributed by atoms with Gasteiger partial charge in [-0.2, -0.15) is 5.10 Å². The number of aromatic amines is 1. The molecule has 1 N–H and O–H groups in total. The molecule has 2 aromatic heterocycles. The number of likely N-dealkylation sites (tertiary alicyclic amines) is 1. The second kappa shape index (κ2) is 7.58. The maximum absolute atomic E-state index is 13.1. The first-order valence-corrected chi connectivity index (χ1v) is 9.88. The van der Waals surface area contributed by atoms with Crippen molar-refractivity contribution in [1.82, 2.24) is 24.6 Å². The molecule has 0 aliphatic carbocycles. The summed E-state index contributed by atoms with van der Waals surface area (Å²) in [7, 11) is 0. The second-order valence-corrected chi connectivity index (χ2v) is 7.39. The van der Waals surface area contributed by atoms with E-state index in [1.807, 2.05) is 53.8 Å². The number of hydrogen-bond acceptors (Lipinski definition) is 4. The van der Waals surface area contributed by atoms with Gasteiger partial charge in [0, 0.05) is 35.6 Å². The Bertz CT molecular complexity index is 1020. The number of aromatic nitrogens is 4. The number of fused-ring (bicyclic) bond motifs is 1. The molecule has 1 atom stereocenters. The van der Waals surface area contributed by atoms with Crippen LogP contribution >= 0.6 is 0 Å². The van der Waals surface area contributed by atoms with Crippen molar-refractivity contribution < 1.29 is 9.59 Å². The average Bonchev–Trinajstić information content (AvgIpc) is 3.40. The molecule has 7 nitrogen and oxygen atoms in total. The Labute approximate surface area is 163 Å². The van der Waals surface area contributed by atoms with Crippen molar-refractivity contribution in [3.63, 3.8) is 0 Å². The van der Waals surface area contributed by atoms with E-state index in [0.29, 0.717) is 24.4 Å². The van der Waals surface area contributed by atoms with E-state index < -0.39 is 0 Å². The molecule has 0 spiro atoms. The smallest absolute Gasteiger partial charge is 0.243 e. The van der Waals surface area contributed by atoms with Crippen molar-refractivity contribution >= 4 is 22.6 Å². The zero-order valence-corrected chi connectivity index (χ0v) is 16.3. The molecule has 1 amide bonds. The number of para-hydroxylation sites is 1. The van der Waals surface area contributed by atoms with Crippen LogP contribution in [0.25, 0.3) is 10.9 Å². The highest BCUT2D eigenvalue weighted by Crippen LogP contribution is 2.30. The predicted octanol–water partition coefficient (Wildman–Crippen LogP) is 3.41. The highest BCUT2D eigenvalue weighted by atomic mass is 16.2. The summed E-state index contributed by atoms with van der Waals surface area (Å²) in [4.78, 5) is 31.9. The molecule has 4 rings (SSSR count). The number of carbonyl (C=O) groups is 2. The molecule has 146 valence electrons. The first kappa shape index (κ1) is 18.4. The maximum Gasteiger partial charge on any atom is 0.243 e. The molecule has 1 aromatic carbocycles. The molecule has 1 fully saturated rings. The van der Waals surface area contributed by atoms with Gasteiger partial charge in [-0.15, -0.1) is 0 Å². The highest BCUT2D eigenvalue weighted by molar-refractivity contribution is 6.08. The molecule has 1 aliphatic heterocycles. The van der Waals surface area contributed by atoms with Gasteiger partial charge < -0.3 is 9.47 Å². The van der Waals surface area contributed by atoms with Gasteiger partial charge in [-0.05, 0) is 32.3 Å².